The second-order valence-electron chi connectivity index (χ2n) is 7.30. The number of hydrogen-bond donors (Lipinski definition) is 1. The predicted octanol–water partition coefficient (Wildman–Crippen LogP) is 2.52. The van der Waals surface area contributed by atoms with Gasteiger partial charge in [-0.1, -0.05) is 38.1 Å². The lowest BCUT2D eigenvalue weighted by atomic mass is 10.0. The molecule has 1 fully saturated rings. The lowest BCUT2D eigenvalue weighted by Crippen LogP contribution is -2.45. The number of benzene rings is 2. The lowest BCUT2D eigenvalue weighted by Gasteiger charge is -2.31. The third-order valence-corrected chi connectivity index (χ3v) is 7.31. The first-order chi connectivity index (χ1) is 13.3. The highest BCUT2D eigenvalue weighted by Gasteiger charge is 2.35. The average Bonchev–Trinajstić information content (AvgIpc) is 3.03. The summed E-state index contributed by atoms with van der Waals surface area (Å²) in [6.45, 7) is 6.96. The molecule has 6 nitrogen and oxygen atoms in total. The zero-order chi connectivity index (χ0) is 20.3. The minimum atomic E-state index is -3.12. The Hall–Kier alpha value is -2.12. The number of nitrogens with zero attached hydrogens (tertiary/aromatic N) is 2. The van der Waals surface area contributed by atoms with Crippen molar-refractivity contribution in [3.8, 4) is 5.75 Å². The fourth-order valence-electron chi connectivity index (χ4n) is 3.81. The SMILES string of the molecule is CCN(CC)CCN(C(=O)c1cc2ccccc2cc1O)C1CCS(=O)(=O)C1. The van der Waals surface area contributed by atoms with E-state index in [1.807, 2.05) is 24.3 Å². The Kier molecular flexibility index (Phi) is 6.25. The monoisotopic (exact) mass is 404 g/mol. The molecule has 1 amide bonds. The molecule has 152 valence electrons. The first-order valence-electron chi connectivity index (χ1n) is 9.80. The molecule has 28 heavy (non-hydrogen) atoms. The van der Waals surface area contributed by atoms with Crippen molar-refractivity contribution in [3.63, 3.8) is 0 Å². The molecule has 0 radical (unpaired) electrons. The fourth-order valence-corrected chi connectivity index (χ4v) is 5.55. The summed E-state index contributed by atoms with van der Waals surface area (Å²) in [6, 6.07) is 10.5. The molecular formula is C21H28N2O4S. The van der Waals surface area contributed by atoms with Gasteiger partial charge in [-0.3, -0.25) is 4.79 Å². The molecule has 1 aliphatic rings. The Balaban J connectivity index is 1.92. The van der Waals surface area contributed by atoms with Gasteiger partial charge in [0.15, 0.2) is 9.84 Å². The van der Waals surface area contributed by atoms with Gasteiger partial charge in [0.2, 0.25) is 0 Å². The molecule has 1 aliphatic heterocycles. The van der Waals surface area contributed by atoms with Crippen LogP contribution < -0.4 is 0 Å². The van der Waals surface area contributed by atoms with Crippen LogP contribution in [0.25, 0.3) is 10.8 Å². The second kappa shape index (κ2) is 8.49. The number of amides is 1. The van der Waals surface area contributed by atoms with Gasteiger partial charge >= 0.3 is 0 Å². The predicted molar refractivity (Wildman–Crippen MR) is 111 cm³/mol. The molecule has 2 aromatic carbocycles. The molecule has 2 aromatic rings. The van der Waals surface area contributed by atoms with Gasteiger partial charge in [-0.25, -0.2) is 8.42 Å². The summed E-state index contributed by atoms with van der Waals surface area (Å²) in [4.78, 5) is 17.2. The molecule has 1 unspecified atom stereocenters. The Labute approximate surface area is 166 Å². The van der Waals surface area contributed by atoms with Gasteiger partial charge in [0.05, 0.1) is 17.1 Å². The summed E-state index contributed by atoms with van der Waals surface area (Å²) in [6.07, 6.45) is 0.445. The standard InChI is InChI=1S/C21H28N2O4S/c1-3-22(4-2)10-11-23(18-9-12-28(26,27)15-18)21(25)19-13-16-7-5-6-8-17(16)14-20(19)24/h5-8,13-14,18,24H,3-4,9-12,15H2,1-2H3. The number of sulfone groups is 1. The molecule has 0 bridgehead atoms. The molecule has 0 aromatic heterocycles. The van der Waals surface area contributed by atoms with E-state index in [2.05, 4.69) is 18.7 Å². The van der Waals surface area contributed by atoms with Crippen LogP contribution in [0.1, 0.15) is 30.6 Å². The van der Waals surface area contributed by atoms with E-state index in [1.165, 1.54) is 0 Å². The Bertz CT molecular complexity index is 954. The first kappa shape index (κ1) is 20.6. The van der Waals surface area contributed by atoms with Gasteiger partial charge in [0, 0.05) is 19.1 Å². The largest absolute Gasteiger partial charge is 0.507 e. The number of hydrogen-bond acceptors (Lipinski definition) is 5. The van der Waals surface area contributed by atoms with Crippen LogP contribution in [-0.4, -0.2) is 73.0 Å². The van der Waals surface area contributed by atoms with E-state index in [1.54, 1.807) is 17.0 Å². The molecule has 0 spiro atoms. The molecular weight excluding hydrogens is 376 g/mol. The number of aromatic hydroxyl groups is 1. The van der Waals surface area contributed by atoms with Crippen molar-refractivity contribution in [1.82, 2.24) is 9.80 Å². The molecule has 1 atom stereocenters. The number of carbonyl (C=O) groups excluding carboxylic acids is 1. The van der Waals surface area contributed by atoms with Crippen LogP contribution in [0.5, 0.6) is 5.75 Å². The lowest BCUT2D eigenvalue weighted by molar-refractivity contribution is 0.0671. The van der Waals surface area contributed by atoms with Crippen LogP contribution in [0, 0.1) is 0 Å². The van der Waals surface area contributed by atoms with Crippen molar-refractivity contribution in [1.29, 1.82) is 0 Å². The van der Waals surface area contributed by atoms with Crippen molar-refractivity contribution in [3.05, 3.63) is 42.0 Å². The van der Waals surface area contributed by atoms with Gasteiger partial charge in [0.1, 0.15) is 5.75 Å². The van der Waals surface area contributed by atoms with Crippen LogP contribution in [0.3, 0.4) is 0 Å². The van der Waals surface area contributed by atoms with E-state index in [-0.39, 0.29) is 34.8 Å². The van der Waals surface area contributed by atoms with Crippen LogP contribution in [0.4, 0.5) is 0 Å². The molecule has 7 heteroatoms. The maximum Gasteiger partial charge on any atom is 0.257 e. The topological polar surface area (TPSA) is 77.9 Å². The first-order valence-corrected chi connectivity index (χ1v) is 11.6. The zero-order valence-corrected chi connectivity index (χ0v) is 17.3. The normalized spacial score (nSPS) is 18.6. The highest BCUT2D eigenvalue weighted by Crippen LogP contribution is 2.28. The van der Waals surface area contributed by atoms with Crippen LogP contribution >= 0.6 is 0 Å². The summed E-state index contributed by atoms with van der Waals surface area (Å²) in [5.74, 6) is -0.281. The number of likely N-dealkylation sites (N-methyl/N-ethyl adjacent to an activating group) is 1. The van der Waals surface area contributed by atoms with Gasteiger partial charge in [0.25, 0.3) is 5.91 Å². The minimum absolute atomic E-state index is 0.00860. The fraction of sp³-hybridized carbons (Fsp3) is 0.476. The third-order valence-electron chi connectivity index (χ3n) is 5.56. The molecule has 3 rings (SSSR count). The smallest absolute Gasteiger partial charge is 0.257 e. The van der Waals surface area contributed by atoms with Crippen molar-refractivity contribution < 1.29 is 18.3 Å². The van der Waals surface area contributed by atoms with Crippen molar-refractivity contribution >= 4 is 26.5 Å². The van der Waals surface area contributed by atoms with E-state index in [0.29, 0.717) is 19.5 Å². The number of phenolic OH excluding ortho intramolecular Hbond substituents is 1. The summed E-state index contributed by atoms with van der Waals surface area (Å²) in [5, 5.41) is 12.2. The van der Waals surface area contributed by atoms with E-state index in [0.717, 1.165) is 23.9 Å². The van der Waals surface area contributed by atoms with E-state index >= 15 is 0 Å². The van der Waals surface area contributed by atoms with Crippen molar-refractivity contribution in [2.45, 2.75) is 26.3 Å². The summed E-state index contributed by atoms with van der Waals surface area (Å²) >= 11 is 0. The highest BCUT2D eigenvalue weighted by atomic mass is 32.2. The molecule has 1 saturated heterocycles. The molecule has 0 aliphatic carbocycles. The molecule has 1 heterocycles. The van der Waals surface area contributed by atoms with Crippen LogP contribution in [0.15, 0.2) is 36.4 Å². The minimum Gasteiger partial charge on any atom is -0.507 e. The van der Waals surface area contributed by atoms with Gasteiger partial charge in [-0.05, 0) is 42.4 Å². The maximum atomic E-state index is 13.3. The van der Waals surface area contributed by atoms with Gasteiger partial charge in [-0.15, -0.1) is 0 Å². The number of carbonyl (C=O) groups is 1. The zero-order valence-electron chi connectivity index (χ0n) is 16.5. The Morgan fingerprint density at radius 1 is 1.11 bits per heavy atom. The quantitative estimate of drug-likeness (QED) is 0.767. The molecule has 1 N–H and O–H groups in total. The summed E-state index contributed by atoms with van der Waals surface area (Å²) in [7, 11) is -3.12. The Morgan fingerprint density at radius 2 is 1.75 bits per heavy atom. The van der Waals surface area contributed by atoms with E-state index in [9.17, 15) is 18.3 Å². The number of phenols is 1. The summed E-state index contributed by atoms with van der Waals surface area (Å²) < 4.78 is 24.0. The van der Waals surface area contributed by atoms with Crippen LogP contribution in [0.2, 0.25) is 0 Å². The van der Waals surface area contributed by atoms with Crippen molar-refractivity contribution in [2.75, 3.05) is 37.7 Å². The second-order valence-corrected chi connectivity index (χ2v) is 9.53. The van der Waals surface area contributed by atoms with Gasteiger partial charge in [-0.2, -0.15) is 0 Å². The van der Waals surface area contributed by atoms with E-state index in [4.69, 9.17) is 0 Å². The number of fused-ring (bicyclic) bond motifs is 1. The van der Waals surface area contributed by atoms with Gasteiger partial charge < -0.3 is 14.9 Å². The van der Waals surface area contributed by atoms with E-state index < -0.39 is 9.84 Å². The average molecular weight is 405 g/mol. The maximum absolute atomic E-state index is 13.3. The number of rotatable bonds is 7. The molecule has 0 saturated carbocycles. The van der Waals surface area contributed by atoms with Crippen LogP contribution in [-0.2, 0) is 9.84 Å². The Morgan fingerprint density at radius 3 is 2.32 bits per heavy atom. The third kappa shape index (κ3) is 4.47. The van der Waals surface area contributed by atoms with Crippen molar-refractivity contribution in [2.24, 2.45) is 0 Å². The summed E-state index contributed by atoms with van der Waals surface area (Å²) in [5.41, 5.74) is 0.225. The highest BCUT2D eigenvalue weighted by molar-refractivity contribution is 7.91.